The minimum absolute atomic E-state index is 0.0541. The van der Waals surface area contributed by atoms with E-state index >= 15 is 0 Å². The Bertz CT molecular complexity index is 808. The molecule has 0 bridgehead atoms. The fourth-order valence-corrected chi connectivity index (χ4v) is 2.43. The van der Waals surface area contributed by atoms with E-state index in [1.807, 2.05) is 67.6 Å². The van der Waals surface area contributed by atoms with Crippen molar-refractivity contribution in [1.82, 2.24) is 0 Å². The van der Waals surface area contributed by atoms with Crippen LogP contribution in [0.3, 0.4) is 0 Å². The quantitative estimate of drug-likeness (QED) is 0.617. The van der Waals surface area contributed by atoms with Gasteiger partial charge in [-0.05, 0) is 67.6 Å². The summed E-state index contributed by atoms with van der Waals surface area (Å²) >= 11 is 0. The number of rotatable bonds is 8. The first kappa shape index (κ1) is 17.6. The SMILES string of the molecule is CCOc1ccc(Oc2ccc(NC(=O)CCc3ccco3)cc2)cc1. The number of amides is 1. The molecule has 0 fully saturated rings. The van der Waals surface area contributed by atoms with Gasteiger partial charge in [-0.25, -0.2) is 0 Å². The number of hydrogen-bond donors (Lipinski definition) is 1. The van der Waals surface area contributed by atoms with Crippen molar-refractivity contribution >= 4 is 11.6 Å². The lowest BCUT2D eigenvalue weighted by Gasteiger charge is -2.09. The van der Waals surface area contributed by atoms with E-state index in [0.717, 1.165) is 22.9 Å². The number of carbonyl (C=O) groups is 1. The second kappa shape index (κ2) is 8.76. The van der Waals surface area contributed by atoms with Gasteiger partial charge in [-0.2, -0.15) is 0 Å². The number of nitrogens with one attached hydrogen (secondary N) is 1. The molecule has 0 aliphatic carbocycles. The predicted octanol–water partition coefficient (Wildman–Crippen LogP) is 5.04. The lowest BCUT2D eigenvalue weighted by Crippen LogP contribution is -2.12. The number of ether oxygens (including phenoxy) is 2. The third-order valence-electron chi connectivity index (χ3n) is 3.69. The van der Waals surface area contributed by atoms with Crippen molar-refractivity contribution in [2.24, 2.45) is 0 Å². The molecule has 1 heterocycles. The number of carbonyl (C=O) groups excluding carboxylic acids is 1. The molecule has 5 nitrogen and oxygen atoms in total. The minimum Gasteiger partial charge on any atom is -0.494 e. The Kier molecular flexibility index (Phi) is 5.93. The van der Waals surface area contributed by atoms with E-state index in [4.69, 9.17) is 13.9 Å². The predicted molar refractivity (Wildman–Crippen MR) is 99.8 cm³/mol. The molecule has 3 rings (SSSR count). The Morgan fingerprint density at radius 2 is 1.62 bits per heavy atom. The van der Waals surface area contributed by atoms with Crippen LogP contribution in [0.1, 0.15) is 19.1 Å². The molecule has 0 spiro atoms. The number of aryl methyl sites for hydroxylation is 1. The maximum absolute atomic E-state index is 12.0. The zero-order chi connectivity index (χ0) is 18.2. The van der Waals surface area contributed by atoms with Crippen LogP contribution in [0.15, 0.2) is 71.3 Å². The van der Waals surface area contributed by atoms with E-state index in [1.165, 1.54) is 0 Å². The highest BCUT2D eigenvalue weighted by Crippen LogP contribution is 2.25. The van der Waals surface area contributed by atoms with Gasteiger partial charge in [-0.1, -0.05) is 0 Å². The fraction of sp³-hybridized carbons (Fsp3) is 0.190. The van der Waals surface area contributed by atoms with Crippen LogP contribution in [0.25, 0.3) is 0 Å². The highest BCUT2D eigenvalue weighted by Gasteiger charge is 2.05. The highest BCUT2D eigenvalue weighted by atomic mass is 16.5. The van der Waals surface area contributed by atoms with Crippen LogP contribution >= 0.6 is 0 Å². The van der Waals surface area contributed by atoms with E-state index in [-0.39, 0.29) is 5.91 Å². The van der Waals surface area contributed by atoms with Gasteiger partial charge in [0, 0.05) is 18.5 Å². The van der Waals surface area contributed by atoms with Gasteiger partial charge in [0.2, 0.25) is 5.91 Å². The fourth-order valence-electron chi connectivity index (χ4n) is 2.43. The van der Waals surface area contributed by atoms with Crippen molar-refractivity contribution in [3.63, 3.8) is 0 Å². The van der Waals surface area contributed by atoms with Gasteiger partial charge in [-0.15, -0.1) is 0 Å². The monoisotopic (exact) mass is 351 g/mol. The van der Waals surface area contributed by atoms with Crippen LogP contribution in [0.2, 0.25) is 0 Å². The van der Waals surface area contributed by atoms with Crippen LogP contribution in [-0.4, -0.2) is 12.5 Å². The Hall–Kier alpha value is -3.21. The van der Waals surface area contributed by atoms with E-state index in [0.29, 0.717) is 25.2 Å². The molecular formula is C21H21NO4. The molecule has 0 unspecified atom stereocenters. The Balaban J connectivity index is 1.50. The van der Waals surface area contributed by atoms with Gasteiger partial charge in [0.15, 0.2) is 0 Å². The van der Waals surface area contributed by atoms with Gasteiger partial charge in [0.25, 0.3) is 0 Å². The summed E-state index contributed by atoms with van der Waals surface area (Å²) in [6.45, 7) is 2.58. The first-order valence-corrected chi connectivity index (χ1v) is 8.56. The lowest BCUT2D eigenvalue weighted by molar-refractivity contribution is -0.116. The van der Waals surface area contributed by atoms with Crippen LogP contribution in [0.4, 0.5) is 5.69 Å². The van der Waals surface area contributed by atoms with E-state index in [2.05, 4.69) is 5.32 Å². The van der Waals surface area contributed by atoms with Gasteiger partial charge >= 0.3 is 0 Å². The minimum atomic E-state index is -0.0541. The second-order valence-electron chi connectivity index (χ2n) is 5.66. The standard InChI is InChI=1S/C21H21NO4/c1-2-24-18-9-11-20(12-10-18)26-19-7-5-16(6-8-19)22-21(23)14-13-17-4-3-15-25-17/h3-12,15H,2,13-14H2,1H3,(H,22,23). The summed E-state index contributed by atoms with van der Waals surface area (Å²) in [5.74, 6) is 2.99. The average Bonchev–Trinajstić information content (AvgIpc) is 3.17. The molecule has 0 saturated carbocycles. The Morgan fingerprint density at radius 3 is 2.23 bits per heavy atom. The summed E-state index contributed by atoms with van der Waals surface area (Å²) in [7, 11) is 0. The number of benzene rings is 2. The molecule has 134 valence electrons. The lowest BCUT2D eigenvalue weighted by atomic mass is 10.2. The summed E-state index contributed by atoms with van der Waals surface area (Å²) < 4.78 is 16.4. The first-order valence-electron chi connectivity index (χ1n) is 8.56. The highest BCUT2D eigenvalue weighted by molar-refractivity contribution is 5.90. The van der Waals surface area contributed by atoms with Crippen molar-refractivity contribution < 1.29 is 18.7 Å². The van der Waals surface area contributed by atoms with E-state index < -0.39 is 0 Å². The third-order valence-corrected chi connectivity index (χ3v) is 3.69. The summed E-state index contributed by atoms with van der Waals surface area (Å²) in [4.78, 5) is 12.0. The zero-order valence-corrected chi connectivity index (χ0v) is 14.6. The Morgan fingerprint density at radius 1 is 0.962 bits per heavy atom. The topological polar surface area (TPSA) is 60.7 Å². The summed E-state index contributed by atoms with van der Waals surface area (Å²) in [5, 5.41) is 2.86. The Labute approximate surface area is 152 Å². The second-order valence-corrected chi connectivity index (χ2v) is 5.66. The van der Waals surface area contributed by atoms with Gasteiger partial charge in [0.05, 0.1) is 12.9 Å². The number of hydrogen-bond acceptors (Lipinski definition) is 4. The third kappa shape index (κ3) is 5.14. The van der Waals surface area contributed by atoms with Crippen LogP contribution in [-0.2, 0) is 11.2 Å². The van der Waals surface area contributed by atoms with Gasteiger partial charge < -0.3 is 19.2 Å². The molecule has 0 aliphatic heterocycles. The molecule has 0 radical (unpaired) electrons. The molecule has 1 aromatic heterocycles. The molecule has 1 N–H and O–H groups in total. The van der Waals surface area contributed by atoms with Crippen LogP contribution in [0, 0.1) is 0 Å². The largest absolute Gasteiger partial charge is 0.494 e. The van der Waals surface area contributed by atoms with Crippen molar-refractivity contribution in [2.75, 3.05) is 11.9 Å². The van der Waals surface area contributed by atoms with Crippen LogP contribution in [0.5, 0.6) is 17.2 Å². The van der Waals surface area contributed by atoms with E-state index in [1.54, 1.807) is 6.26 Å². The first-order chi connectivity index (χ1) is 12.7. The zero-order valence-electron chi connectivity index (χ0n) is 14.6. The molecule has 26 heavy (non-hydrogen) atoms. The molecule has 0 atom stereocenters. The summed E-state index contributed by atoms with van der Waals surface area (Å²) in [6.07, 6.45) is 2.56. The molecule has 3 aromatic rings. The number of furan rings is 1. The van der Waals surface area contributed by atoms with Gasteiger partial charge in [0.1, 0.15) is 23.0 Å². The average molecular weight is 351 g/mol. The molecular weight excluding hydrogens is 330 g/mol. The van der Waals surface area contributed by atoms with Crippen molar-refractivity contribution in [3.8, 4) is 17.2 Å². The smallest absolute Gasteiger partial charge is 0.224 e. The van der Waals surface area contributed by atoms with Crippen molar-refractivity contribution in [1.29, 1.82) is 0 Å². The van der Waals surface area contributed by atoms with E-state index in [9.17, 15) is 4.79 Å². The maximum Gasteiger partial charge on any atom is 0.224 e. The molecule has 1 amide bonds. The molecule has 0 saturated heterocycles. The normalized spacial score (nSPS) is 10.3. The summed E-state index contributed by atoms with van der Waals surface area (Å²) in [6, 6.07) is 18.4. The molecule has 0 aliphatic rings. The van der Waals surface area contributed by atoms with Gasteiger partial charge in [-0.3, -0.25) is 4.79 Å². The summed E-state index contributed by atoms with van der Waals surface area (Å²) in [5.41, 5.74) is 0.730. The van der Waals surface area contributed by atoms with Crippen molar-refractivity contribution in [3.05, 3.63) is 72.7 Å². The molecule has 5 heteroatoms. The maximum atomic E-state index is 12.0. The number of anilines is 1. The molecule has 2 aromatic carbocycles. The van der Waals surface area contributed by atoms with Crippen molar-refractivity contribution in [2.45, 2.75) is 19.8 Å². The van der Waals surface area contributed by atoms with Crippen LogP contribution < -0.4 is 14.8 Å².